The third kappa shape index (κ3) is 4.66. The Kier molecular flexibility index (Phi) is 5.43. The number of nitrogens with zero attached hydrogens (tertiary/aromatic N) is 3. The van der Waals surface area contributed by atoms with Gasteiger partial charge in [0.25, 0.3) is 5.69 Å². The molecule has 1 aromatic carbocycles. The molecular weight excluding hydrogens is 293 g/mol. The maximum absolute atomic E-state index is 14.0. The highest BCUT2D eigenvalue weighted by Crippen LogP contribution is 2.26. The van der Waals surface area contributed by atoms with E-state index in [1.54, 1.807) is 13.8 Å². The van der Waals surface area contributed by atoms with Gasteiger partial charge in [0.2, 0.25) is 0 Å². The minimum absolute atomic E-state index is 0.0264. The fraction of sp³-hybridized carbons (Fsp3) is 0.500. The zero-order valence-electron chi connectivity index (χ0n) is 13.0. The summed E-state index contributed by atoms with van der Waals surface area (Å²) in [7, 11) is 2.99. The van der Waals surface area contributed by atoms with Crippen LogP contribution in [0.15, 0.2) is 18.2 Å². The summed E-state index contributed by atoms with van der Waals surface area (Å²) in [6.07, 6.45) is 0.189. The Labute approximate surface area is 128 Å². The molecule has 0 aliphatic carbocycles. The first-order valence-electron chi connectivity index (χ1n) is 6.68. The summed E-state index contributed by atoms with van der Waals surface area (Å²) < 4.78 is 14.0. The molecule has 0 bridgehead atoms. The molecule has 122 valence electrons. The second-order valence-corrected chi connectivity index (χ2v) is 5.78. The van der Waals surface area contributed by atoms with E-state index in [0.717, 1.165) is 23.1 Å². The lowest BCUT2D eigenvalue weighted by atomic mass is 10.1. The van der Waals surface area contributed by atoms with Crippen molar-refractivity contribution in [3.8, 4) is 0 Å². The lowest BCUT2D eigenvalue weighted by Crippen LogP contribution is -2.42. The van der Waals surface area contributed by atoms with Crippen molar-refractivity contribution in [2.24, 2.45) is 0 Å². The molecule has 0 saturated heterocycles. The molecule has 7 nitrogen and oxygen atoms in total. The molecule has 1 aromatic rings. The number of anilines is 1. The largest absolute Gasteiger partial charge is 0.390 e. The monoisotopic (exact) mass is 313 g/mol. The molecule has 1 rings (SSSR count). The van der Waals surface area contributed by atoms with Gasteiger partial charge in [-0.15, -0.1) is 0 Å². The van der Waals surface area contributed by atoms with E-state index in [0.29, 0.717) is 0 Å². The molecule has 0 aliphatic heterocycles. The fourth-order valence-electron chi connectivity index (χ4n) is 1.77. The summed E-state index contributed by atoms with van der Waals surface area (Å²) in [4.78, 5) is 24.7. The molecule has 0 aliphatic rings. The van der Waals surface area contributed by atoms with Crippen molar-refractivity contribution in [2.75, 3.05) is 25.5 Å². The number of non-ortho nitro benzene ring substituents is 1. The van der Waals surface area contributed by atoms with Crippen LogP contribution < -0.4 is 4.90 Å². The summed E-state index contributed by atoms with van der Waals surface area (Å²) in [6.45, 7) is 3.16. The summed E-state index contributed by atoms with van der Waals surface area (Å²) in [5, 5.41) is 20.6. The number of halogens is 1. The van der Waals surface area contributed by atoms with Gasteiger partial charge in [-0.2, -0.15) is 0 Å². The van der Waals surface area contributed by atoms with Gasteiger partial charge in [0.15, 0.2) is 0 Å². The summed E-state index contributed by atoms with van der Waals surface area (Å²) >= 11 is 0. The van der Waals surface area contributed by atoms with Crippen LogP contribution >= 0.6 is 0 Å². The van der Waals surface area contributed by atoms with Crippen molar-refractivity contribution in [3.05, 3.63) is 34.1 Å². The van der Waals surface area contributed by atoms with Crippen molar-refractivity contribution in [2.45, 2.75) is 25.9 Å². The van der Waals surface area contributed by atoms with Crippen molar-refractivity contribution >= 4 is 17.4 Å². The number of urea groups is 1. The van der Waals surface area contributed by atoms with E-state index < -0.39 is 22.4 Å². The Morgan fingerprint density at radius 3 is 2.45 bits per heavy atom. The Morgan fingerprint density at radius 2 is 2.00 bits per heavy atom. The van der Waals surface area contributed by atoms with Gasteiger partial charge in [-0.1, -0.05) is 0 Å². The Balaban J connectivity index is 3.23. The second kappa shape index (κ2) is 6.69. The number of amides is 2. The molecule has 2 amide bonds. The van der Waals surface area contributed by atoms with Gasteiger partial charge in [0.05, 0.1) is 16.2 Å². The van der Waals surface area contributed by atoms with Crippen LogP contribution in [-0.4, -0.2) is 47.2 Å². The number of aliphatic hydroxyl groups is 1. The van der Waals surface area contributed by atoms with Gasteiger partial charge in [0, 0.05) is 32.8 Å². The van der Waals surface area contributed by atoms with Crippen LogP contribution in [0.25, 0.3) is 0 Å². The Morgan fingerprint density at radius 1 is 1.41 bits per heavy atom. The number of nitro groups is 1. The summed E-state index contributed by atoms with van der Waals surface area (Å²) in [5.74, 6) is -0.739. The molecule has 0 unspecified atom stereocenters. The van der Waals surface area contributed by atoms with E-state index in [1.165, 1.54) is 19.0 Å². The van der Waals surface area contributed by atoms with Crippen molar-refractivity contribution in [1.82, 2.24) is 4.90 Å². The molecule has 8 heteroatoms. The topological polar surface area (TPSA) is 86.9 Å². The van der Waals surface area contributed by atoms with Crippen LogP contribution in [0.3, 0.4) is 0 Å². The standard InChI is InChI=1S/C14H20FN3O4/c1-14(2,20)7-8-17(13(19)16(3)4)12-9-10(18(21)22)5-6-11(12)15/h5-6,9,20H,7-8H2,1-4H3. The van der Waals surface area contributed by atoms with Crippen LogP contribution in [-0.2, 0) is 0 Å². The first-order chi connectivity index (χ1) is 10.0. The zero-order valence-corrected chi connectivity index (χ0v) is 13.0. The van der Waals surface area contributed by atoms with Crippen LogP contribution in [0, 0.1) is 15.9 Å². The molecule has 0 aromatic heterocycles. The fourth-order valence-corrected chi connectivity index (χ4v) is 1.77. The number of nitro benzene ring substituents is 1. The van der Waals surface area contributed by atoms with Gasteiger partial charge < -0.3 is 10.0 Å². The van der Waals surface area contributed by atoms with Crippen LogP contribution in [0.4, 0.5) is 20.6 Å². The second-order valence-electron chi connectivity index (χ2n) is 5.78. The van der Waals surface area contributed by atoms with Crippen molar-refractivity contribution in [1.29, 1.82) is 0 Å². The molecule has 0 saturated carbocycles. The molecule has 0 atom stereocenters. The average Bonchev–Trinajstić information content (AvgIpc) is 2.38. The van der Waals surface area contributed by atoms with Crippen LogP contribution in [0.1, 0.15) is 20.3 Å². The SMILES string of the molecule is CN(C)C(=O)N(CCC(C)(C)O)c1cc([N+](=O)[O-])ccc1F. The number of carbonyl (C=O) groups excluding carboxylic acids is 1. The number of benzene rings is 1. The minimum atomic E-state index is -1.05. The lowest BCUT2D eigenvalue weighted by molar-refractivity contribution is -0.384. The van der Waals surface area contributed by atoms with Gasteiger partial charge >= 0.3 is 6.03 Å². The molecule has 1 N–H and O–H groups in total. The van der Waals surface area contributed by atoms with E-state index in [4.69, 9.17) is 0 Å². The number of hydrogen-bond acceptors (Lipinski definition) is 4. The third-order valence-corrected chi connectivity index (χ3v) is 2.99. The average molecular weight is 313 g/mol. The van der Waals surface area contributed by atoms with Crippen LogP contribution in [0.5, 0.6) is 0 Å². The number of rotatable bonds is 5. The van der Waals surface area contributed by atoms with E-state index >= 15 is 0 Å². The summed E-state index contributed by atoms with van der Waals surface area (Å²) in [5.41, 5.74) is -1.55. The molecule has 0 heterocycles. The van der Waals surface area contributed by atoms with Gasteiger partial charge in [-0.05, 0) is 26.3 Å². The maximum atomic E-state index is 14.0. The molecule has 0 radical (unpaired) electrons. The van der Waals surface area contributed by atoms with E-state index in [2.05, 4.69) is 0 Å². The highest BCUT2D eigenvalue weighted by atomic mass is 19.1. The molecule has 0 fully saturated rings. The predicted octanol–water partition coefficient (Wildman–Crippen LogP) is 2.38. The van der Waals surface area contributed by atoms with E-state index in [9.17, 15) is 24.4 Å². The zero-order chi connectivity index (χ0) is 17.1. The van der Waals surface area contributed by atoms with Gasteiger partial charge in [-0.25, -0.2) is 9.18 Å². The maximum Gasteiger partial charge on any atom is 0.324 e. The van der Waals surface area contributed by atoms with Crippen molar-refractivity contribution in [3.63, 3.8) is 0 Å². The minimum Gasteiger partial charge on any atom is -0.390 e. The Hall–Kier alpha value is -2.22. The lowest BCUT2D eigenvalue weighted by Gasteiger charge is -2.29. The first kappa shape index (κ1) is 17.8. The predicted molar refractivity (Wildman–Crippen MR) is 80.4 cm³/mol. The molecule has 22 heavy (non-hydrogen) atoms. The van der Waals surface area contributed by atoms with Crippen LogP contribution in [0.2, 0.25) is 0 Å². The molecule has 0 spiro atoms. The van der Waals surface area contributed by atoms with E-state index in [-0.39, 0.29) is 24.3 Å². The summed E-state index contributed by atoms with van der Waals surface area (Å²) in [6, 6.07) is 2.48. The Bertz CT molecular complexity index is 570. The smallest absolute Gasteiger partial charge is 0.324 e. The van der Waals surface area contributed by atoms with Gasteiger partial charge in [-0.3, -0.25) is 15.0 Å². The number of hydrogen-bond donors (Lipinski definition) is 1. The van der Waals surface area contributed by atoms with Crippen molar-refractivity contribution < 1.29 is 19.2 Å². The molecular formula is C14H20FN3O4. The van der Waals surface area contributed by atoms with Gasteiger partial charge in [0.1, 0.15) is 5.82 Å². The quantitative estimate of drug-likeness (QED) is 0.668. The normalized spacial score (nSPS) is 11.2. The first-order valence-corrected chi connectivity index (χ1v) is 6.68. The highest BCUT2D eigenvalue weighted by Gasteiger charge is 2.25. The van der Waals surface area contributed by atoms with E-state index in [1.807, 2.05) is 0 Å². The third-order valence-electron chi connectivity index (χ3n) is 2.99. The number of carbonyl (C=O) groups is 1. The highest BCUT2D eigenvalue weighted by molar-refractivity contribution is 5.92.